The quantitative estimate of drug-likeness (QED) is 0.715. The molecule has 0 radical (unpaired) electrons. The Morgan fingerprint density at radius 1 is 1.39 bits per heavy atom. The minimum Gasteiger partial charge on any atom is -0.315 e. The first-order valence-corrected chi connectivity index (χ1v) is 9.76. The molecule has 0 aromatic rings. The second-order valence-electron chi connectivity index (χ2n) is 5.21. The van der Waals surface area contributed by atoms with Crippen molar-refractivity contribution in [3.8, 4) is 0 Å². The fourth-order valence-corrected chi connectivity index (χ4v) is 5.07. The van der Waals surface area contributed by atoms with Crippen LogP contribution in [0.1, 0.15) is 26.7 Å². The molecular weight excluding hydrogens is 268 g/mol. The van der Waals surface area contributed by atoms with Gasteiger partial charge in [-0.25, -0.2) is 8.42 Å². The van der Waals surface area contributed by atoms with Gasteiger partial charge in [0.15, 0.2) is 9.84 Å². The molecule has 0 aromatic heterocycles. The fourth-order valence-electron chi connectivity index (χ4n) is 2.10. The average molecular weight is 294 g/mol. The smallest absolute Gasteiger partial charge is 0.164 e. The summed E-state index contributed by atoms with van der Waals surface area (Å²) in [6, 6.07) is 0.528. The topological polar surface area (TPSA) is 49.4 Å². The van der Waals surface area contributed by atoms with Crippen LogP contribution in [0, 0.1) is 0 Å². The van der Waals surface area contributed by atoms with Gasteiger partial charge in [0.05, 0.1) is 0 Å². The Bertz CT molecular complexity index is 331. The van der Waals surface area contributed by atoms with Gasteiger partial charge in [-0.2, -0.15) is 11.8 Å². The summed E-state index contributed by atoms with van der Waals surface area (Å²) in [7, 11) is -2.94. The predicted octanol–water partition coefficient (Wildman–Crippen LogP) is 1.18. The molecule has 0 aromatic carbocycles. The Morgan fingerprint density at radius 2 is 2.11 bits per heavy atom. The molecule has 1 aliphatic rings. The maximum Gasteiger partial charge on any atom is 0.164 e. The van der Waals surface area contributed by atoms with E-state index in [2.05, 4.69) is 24.1 Å². The number of thioether (sulfide) groups is 1. The van der Waals surface area contributed by atoms with Crippen LogP contribution < -0.4 is 5.32 Å². The van der Waals surface area contributed by atoms with Crippen LogP contribution in [0.25, 0.3) is 0 Å². The molecule has 1 rings (SSSR count). The number of sulfone groups is 1. The third-order valence-corrected chi connectivity index (χ3v) is 5.80. The van der Waals surface area contributed by atoms with E-state index >= 15 is 0 Å². The van der Waals surface area contributed by atoms with Gasteiger partial charge in [0, 0.05) is 30.3 Å². The zero-order valence-corrected chi connectivity index (χ0v) is 13.3. The van der Waals surface area contributed by atoms with Crippen molar-refractivity contribution in [3.63, 3.8) is 0 Å². The number of rotatable bonds is 7. The van der Waals surface area contributed by atoms with Gasteiger partial charge < -0.3 is 5.32 Å². The Hall–Kier alpha value is 0.220. The van der Waals surface area contributed by atoms with E-state index in [-0.39, 0.29) is 5.37 Å². The highest BCUT2D eigenvalue weighted by Gasteiger charge is 2.30. The molecule has 1 fully saturated rings. The molecule has 1 N–H and O–H groups in total. The Labute approximate surface area is 116 Å². The normalized spacial score (nSPS) is 22.6. The zero-order valence-electron chi connectivity index (χ0n) is 11.7. The largest absolute Gasteiger partial charge is 0.315 e. The van der Waals surface area contributed by atoms with Crippen LogP contribution in [0.2, 0.25) is 0 Å². The highest BCUT2D eigenvalue weighted by atomic mass is 32.2. The molecule has 1 aliphatic heterocycles. The van der Waals surface area contributed by atoms with Crippen molar-refractivity contribution in [1.82, 2.24) is 10.2 Å². The van der Waals surface area contributed by atoms with Gasteiger partial charge in [0.2, 0.25) is 0 Å². The van der Waals surface area contributed by atoms with E-state index in [9.17, 15) is 8.42 Å². The monoisotopic (exact) mass is 294 g/mol. The molecule has 108 valence electrons. The molecule has 1 heterocycles. The minimum atomic E-state index is -2.94. The maximum absolute atomic E-state index is 11.7. The van der Waals surface area contributed by atoms with Gasteiger partial charge in [-0.1, -0.05) is 13.8 Å². The van der Waals surface area contributed by atoms with Crippen molar-refractivity contribution in [2.45, 2.75) is 38.1 Å². The molecule has 18 heavy (non-hydrogen) atoms. The Kier molecular flexibility index (Phi) is 6.98. The van der Waals surface area contributed by atoms with Crippen molar-refractivity contribution in [3.05, 3.63) is 0 Å². The summed E-state index contributed by atoms with van der Waals surface area (Å²) in [6.07, 6.45) is 3.53. The third kappa shape index (κ3) is 5.91. The van der Waals surface area contributed by atoms with Gasteiger partial charge in [-0.05, 0) is 25.9 Å². The van der Waals surface area contributed by atoms with E-state index < -0.39 is 9.84 Å². The lowest BCUT2D eigenvalue weighted by Crippen LogP contribution is -2.47. The van der Waals surface area contributed by atoms with Crippen molar-refractivity contribution in [2.75, 3.05) is 37.4 Å². The predicted molar refractivity (Wildman–Crippen MR) is 79.9 cm³/mol. The lowest BCUT2D eigenvalue weighted by atomic mass is 10.2. The summed E-state index contributed by atoms with van der Waals surface area (Å²) in [5, 5.41) is 3.11. The number of nitrogens with one attached hydrogen (secondary N) is 1. The van der Waals surface area contributed by atoms with E-state index in [1.807, 2.05) is 0 Å². The van der Waals surface area contributed by atoms with Crippen LogP contribution in [0.4, 0.5) is 0 Å². The summed E-state index contributed by atoms with van der Waals surface area (Å²) in [6.45, 7) is 7.10. The molecule has 0 aliphatic carbocycles. The maximum atomic E-state index is 11.7. The lowest BCUT2D eigenvalue weighted by molar-refractivity contribution is 0.264. The number of hydrogen-bond acceptors (Lipinski definition) is 5. The number of unbranched alkanes of at least 4 members (excludes halogenated alkanes) is 1. The second kappa shape index (κ2) is 7.72. The molecule has 0 saturated carbocycles. The van der Waals surface area contributed by atoms with E-state index in [0.29, 0.717) is 6.04 Å². The fraction of sp³-hybridized carbons (Fsp3) is 1.00. The van der Waals surface area contributed by atoms with Crippen LogP contribution >= 0.6 is 11.8 Å². The van der Waals surface area contributed by atoms with Crippen molar-refractivity contribution >= 4 is 21.6 Å². The SMILES string of the molecule is CC(C)NCCCCN1CCSCC1S(C)(=O)=O. The highest BCUT2D eigenvalue weighted by molar-refractivity contribution is 8.00. The molecular formula is C12H26N2O2S2. The van der Waals surface area contributed by atoms with Gasteiger partial charge in [-0.3, -0.25) is 4.90 Å². The van der Waals surface area contributed by atoms with Crippen LogP contribution in [-0.2, 0) is 9.84 Å². The molecule has 4 nitrogen and oxygen atoms in total. The first kappa shape index (κ1) is 16.3. The molecule has 1 saturated heterocycles. The molecule has 1 unspecified atom stereocenters. The van der Waals surface area contributed by atoms with Crippen LogP contribution in [-0.4, -0.2) is 62.1 Å². The first-order chi connectivity index (χ1) is 8.41. The van der Waals surface area contributed by atoms with Gasteiger partial charge in [0.25, 0.3) is 0 Å². The summed E-state index contributed by atoms with van der Waals surface area (Å²) < 4.78 is 23.4. The van der Waals surface area contributed by atoms with E-state index in [1.165, 1.54) is 6.26 Å². The lowest BCUT2D eigenvalue weighted by Gasteiger charge is -2.33. The molecule has 0 amide bonds. The van der Waals surface area contributed by atoms with Crippen molar-refractivity contribution < 1.29 is 8.42 Å². The standard InChI is InChI=1S/C12H26N2O2S2/c1-11(2)13-6-4-5-7-14-8-9-17-10-12(14)18(3,15)16/h11-13H,4-10H2,1-3H3. The van der Waals surface area contributed by atoms with E-state index in [4.69, 9.17) is 0 Å². The summed E-state index contributed by atoms with van der Waals surface area (Å²) >= 11 is 1.75. The second-order valence-corrected chi connectivity index (χ2v) is 8.56. The van der Waals surface area contributed by atoms with Crippen LogP contribution in [0.15, 0.2) is 0 Å². The first-order valence-electron chi connectivity index (χ1n) is 6.65. The van der Waals surface area contributed by atoms with Crippen LogP contribution in [0.3, 0.4) is 0 Å². The highest BCUT2D eigenvalue weighted by Crippen LogP contribution is 2.20. The Morgan fingerprint density at radius 3 is 2.72 bits per heavy atom. The van der Waals surface area contributed by atoms with E-state index in [0.717, 1.165) is 44.0 Å². The zero-order chi connectivity index (χ0) is 13.6. The molecule has 0 bridgehead atoms. The average Bonchev–Trinajstić information content (AvgIpc) is 2.27. The number of hydrogen-bond donors (Lipinski definition) is 1. The van der Waals surface area contributed by atoms with Crippen LogP contribution in [0.5, 0.6) is 0 Å². The van der Waals surface area contributed by atoms with Gasteiger partial charge in [-0.15, -0.1) is 0 Å². The summed E-state index contributed by atoms with van der Waals surface area (Å²) in [5.41, 5.74) is 0. The summed E-state index contributed by atoms with van der Waals surface area (Å²) in [5.74, 6) is 1.78. The summed E-state index contributed by atoms with van der Waals surface area (Å²) in [4.78, 5) is 2.14. The Balaban J connectivity index is 2.30. The minimum absolute atomic E-state index is 0.269. The van der Waals surface area contributed by atoms with Crippen molar-refractivity contribution in [2.24, 2.45) is 0 Å². The molecule has 6 heteroatoms. The molecule has 1 atom stereocenters. The number of nitrogens with zero attached hydrogens (tertiary/aromatic N) is 1. The van der Waals surface area contributed by atoms with Gasteiger partial charge >= 0.3 is 0 Å². The third-order valence-electron chi connectivity index (χ3n) is 3.11. The molecule has 0 spiro atoms. The van der Waals surface area contributed by atoms with E-state index in [1.54, 1.807) is 11.8 Å². The van der Waals surface area contributed by atoms with Gasteiger partial charge in [0.1, 0.15) is 5.37 Å². The van der Waals surface area contributed by atoms with Crippen molar-refractivity contribution in [1.29, 1.82) is 0 Å².